The van der Waals surface area contributed by atoms with E-state index in [1.54, 1.807) is 11.8 Å². The first-order valence-electron chi connectivity index (χ1n) is 13.7. The van der Waals surface area contributed by atoms with Crippen molar-refractivity contribution in [3.8, 4) is 0 Å². The number of halogens is 1. The first-order chi connectivity index (χ1) is 19.3. The normalized spacial score (nSPS) is 13.6. The van der Waals surface area contributed by atoms with Crippen LogP contribution in [0.15, 0.2) is 78.9 Å². The summed E-state index contributed by atoms with van der Waals surface area (Å²) in [7, 11) is 0. The molecule has 0 saturated carbocycles. The Morgan fingerprint density at radius 2 is 1.78 bits per heavy atom. The largest absolute Gasteiger partial charge is 1.00 e. The quantitative estimate of drug-likeness (QED) is 0.235. The van der Waals surface area contributed by atoms with Gasteiger partial charge in [0.05, 0.1) is 17.3 Å². The number of aliphatic hydroxyl groups excluding tert-OH is 1. The fraction of sp³-hybridized carbons (Fsp3) is 0.294. The monoisotopic (exact) mass is 595 g/mol. The Hall–Kier alpha value is -2.12. The van der Waals surface area contributed by atoms with Crippen molar-refractivity contribution in [2.45, 2.75) is 50.9 Å². The molecule has 0 fully saturated rings. The van der Waals surface area contributed by atoms with Gasteiger partial charge in [-0.2, -0.15) is 11.8 Å². The number of aryl methyl sites for hydroxylation is 1. The Bertz CT molecular complexity index is 1480. The molecule has 0 bridgehead atoms. The Balaban J connectivity index is 0.00000462. The summed E-state index contributed by atoms with van der Waals surface area (Å²) in [6.45, 7) is 3.70. The fourth-order valence-corrected chi connectivity index (χ4v) is 6.41. The molecule has 41 heavy (non-hydrogen) atoms. The average Bonchev–Trinajstić information content (AvgIpc) is 2.94. The van der Waals surface area contributed by atoms with Gasteiger partial charge in [-0.3, -0.25) is 0 Å². The van der Waals surface area contributed by atoms with Crippen molar-refractivity contribution in [1.29, 1.82) is 0 Å². The first-order valence-corrected chi connectivity index (χ1v) is 15.2. The number of carbonyl (C=O) groups is 1. The second-order valence-corrected chi connectivity index (χ2v) is 11.9. The molecule has 208 valence electrons. The van der Waals surface area contributed by atoms with Crippen molar-refractivity contribution in [2.24, 2.45) is 5.92 Å². The van der Waals surface area contributed by atoms with E-state index in [2.05, 4.69) is 36.4 Å². The minimum atomic E-state index is -0.989. The number of rotatable bonds is 13. The number of pyridine rings is 1. The van der Waals surface area contributed by atoms with Crippen molar-refractivity contribution in [3.63, 3.8) is 0 Å². The predicted octanol–water partition coefficient (Wildman–Crippen LogP) is 4.17. The van der Waals surface area contributed by atoms with Gasteiger partial charge < -0.3 is 15.0 Å². The SMILES string of the molecule is CC[C@@H](CS[C@@H](CCc1ccccc1CC(C)O)c1cccc(C=Cc2ccc3ccc(Cl)cc3n2)c1)C(=O)[O-].[Na+]. The molecule has 1 N–H and O–H groups in total. The van der Waals surface area contributed by atoms with Gasteiger partial charge in [-0.1, -0.05) is 85.3 Å². The molecule has 1 heterocycles. The van der Waals surface area contributed by atoms with Crippen LogP contribution in [0.25, 0.3) is 23.1 Å². The van der Waals surface area contributed by atoms with Gasteiger partial charge in [0.2, 0.25) is 0 Å². The number of fused-ring (bicyclic) bond motifs is 1. The number of hydrogen-bond acceptors (Lipinski definition) is 5. The van der Waals surface area contributed by atoms with Gasteiger partial charge in [-0.15, -0.1) is 0 Å². The third kappa shape index (κ3) is 9.99. The van der Waals surface area contributed by atoms with Crippen LogP contribution in [0.1, 0.15) is 59.9 Å². The van der Waals surface area contributed by atoms with Crippen LogP contribution >= 0.6 is 23.4 Å². The molecule has 0 saturated heterocycles. The summed E-state index contributed by atoms with van der Waals surface area (Å²) in [4.78, 5) is 16.3. The van der Waals surface area contributed by atoms with E-state index >= 15 is 0 Å². The van der Waals surface area contributed by atoms with Crippen LogP contribution in [0.2, 0.25) is 5.02 Å². The second kappa shape index (κ2) is 16.5. The second-order valence-electron chi connectivity index (χ2n) is 10.2. The molecule has 1 aromatic heterocycles. The summed E-state index contributed by atoms with van der Waals surface area (Å²) in [5.41, 5.74) is 6.29. The van der Waals surface area contributed by atoms with Crippen LogP contribution in [0.5, 0.6) is 0 Å². The number of hydrogen-bond donors (Lipinski definition) is 1. The Morgan fingerprint density at radius 3 is 2.51 bits per heavy atom. The number of carbonyl (C=O) groups excluding carboxylic acids is 1. The average molecular weight is 596 g/mol. The zero-order chi connectivity index (χ0) is 28.5. The molecular weight excluding hydrogens is 561 g/mol. The number of carboxylic acids is 1. The number of aliphatic carboxylic acids is 1. The summed E-state index contributed by atoms with van der Waals surface area (Å²) in [5.74, 6) is -0.967. The van der Waals surface area contributed by atoms with E-state index in [1.807, 2.05) is 68.5 Å². The molecular formula is C34H35ClNNaO3S. The van der Waals surface area contributed by atoms with E-state index in [-0.39, 0.29) is 34.8 Å². The molecule has 0 amide bonds. The van der Waals surface area contributed by atoms with Gasteiger partial charge >= 0.3 is 29.6 Å². The van der Waals surface area contributed by atoms with E-state index in [4.69, 9.17) is 16.6 Å². The summed E-state index contributed by atoms with van der Waals surface area (Å²) in [6.07, 6.45) is 6.50. The topological polar surface area (TPSA) is 73.2 Å². The maximum Gasteiger partial charge on any atom is 1.00 e. The third-order valence-corrected chi connectivity index (χ3v) is 8.78. The summed E-state index contributed by atoms with van der Waals surface area (Å²) in [5, 5.41) is 23.4. The van der Waals surface area contributed by atoms with Crippen LogP contribution in [0.4, 0.5) is 0 Å². The maximum absolute atomic E-state index is 11.6. The number of aromatic nitrogens is 1. The minimum absolute atomic E-state index is 0. The van der Waals surface area contributed by atoms with Crippen LogP contribution in [-0.2, 0) is 17.6 Å². The molecule has 4 aromatic rings. The van der Waals surface area contributed by atoms with Gasteiger partial charge in [-0.05, 0) is 79.1 Å². The van der Waals surface area contributed by atoms with E-state index < -0.39 is 18.0 Å². The van der Waals surface area contributed by atoms with E-state index in [0.29, 0.717) is 23.6 Å². The molecule has 0 radical (unpaired) electrons. The van der Waals surface area contributed by atoms with Crippen LogP contribution in [-0.4, -0.2) is 27.9 Å². The standard InChI is InChI=1S/C34H36ClNO3S.Na/c1-3-25(34(38)39)22-40-33(18-14-26-8-4-5-9-28(26)19-23(2)37)29-10-6-7-24(20-29)11-16-31-17-13-27-12-15-30(35)21-32(27)36-31;/h4-13,15-17,20-21,23,25,33,37H,3,14,18-19,22H2,1-2H3,(H,38,39);/q;+1/p-1/t23?,25-,33-;/m0./s1. The Morgan fingerprint density at radius 1 is 1.02 bits per heavy atom. The summed E-state index contributed by atoms with van der Waals surface area (Å²) >= 11 is 7.83. The fourth-order valence-electron chi connectivity index (χ4n) is 4.78. The maximum atomic E-state index is 11.6. The van der Waals surface area contributed by atoms with Crippen LogP contribution in [0.3, 0.4) is 0 Å². The molecule has 1 unspecified atom stereocenters. The third-order valence-electron chi connectivity index (χ3n) is 7.04. The van der Waals surface area contributed by atoms with E-state index in [0.717, 1.165) is 46.1 Å². The molecule has 7 heteroatoms. The predicted molar refractivity (Wildman–Crippen MR) is 166 cm³/mol. The molecule has 3 atom stereocenters. The van der Waals surface area contributed by atoms with Crippen molar-refractivity contribution in [2.75, 3.05) is 5.75 Å². The molecule has 0 spiro atoms. The summed E-state index contributed by atoms with van der Waals surface area (Å²) < 4.78 is 0. The van der Waals surface area contributed by atoms with Crippen molar-refractivity contribution >= 4 is 52.4 Å². The molecule has 0 aliphatic rings. The van der Waals surface area contributed by atoms with Gasteiger partial charge in [-0.25, -0.2) is 4.98 Å². The van der Waals surface area contributed by atoms with Gasteiger partial charge in [0.15, 0.2) is 0 Å². The number of benzene rings is 3. The molecule has 3 aromatic carbocycles. The van der Waals surface area contributed by atoms with Gasteiger partial charge in [0.1, 0.15) is 0 Å². The van der Waals surface area contributed by atoms with Crippen LogP contribution in [0, 0.1) is 5.92 Å². The van der Waals surface area contributed by atoms with Crippen molar-refractivity contribution in [1.82, 2.24) is 4.98 Å². The van der Waals surface area contributed by atoms with Crippen molar-refractivity contribution in [3.05, 3.63) is 112 Å². The minimum Gasteiger partial charge on any atom is -0.550 e. The first kappa shape index (κ1) is 33.4. The molecule has 0 aliphatic heterocycles. The number of nitrogens with zero attached hydrogens (tertiary/aromatic N) is 1. The number of thioether (sulfide) groups is 1. The molecule has 0 aliphatic carbocycles. The van der Waals surface area contributed by atoms with Gasteiger partial charge in [0.25, 0.3) is 0 Å². The number of aliphatic hydroxyl groups is 1. The van der Waals surface area contributed by atoms with E-state index in [9.17, 15) is 15.0 Å². The summed E-state index contributed by atoms with van der Waals surface area (Å²) in [6, 6.07) is 26.4. The molecule has 4 nitrogen and oxygen atoms in total. The van der Waals surface area contributed by atoms with Gasteiger partial charge in [0, 0.05) is 33.3 Å². The van der Waals surface area contributed by atoms with Crippen molar-refractivity contribution < 1.29 is 44.6 Å². The smallest absolute Gasteiger partial charge is 0.550 e. The Labute approximate surface area is 274 Å². The number of carboxylic acid groups (broad SMARTS) is 1. The van der Waals surface area contributed by atoms with E-state index in [1.165, 1.54) is 5.56 Å². The Kier molecular flexibility index (Phi) is 13.4. The zero-order valence-electron chi connectivity index (χ0n) is 23.9. The zero-order valence-corrected chi connectivity index (χ0v) is 27.5. The molecule has 4 rings (SSSR count). The van der Waals surface area contributed by atoms with Crippen LogP contribution < -0.4 is 34.7 Å².